The minimum atomic E-state index is -0.434. The Labute approximate surface area is 121 Å². The number of anilines is 1. The monoisotopic (exact) mass is 274 g/mol. The summed E-state index contributed by atoms with van der Waals surface area (Å²) in [6.45, 7) is 8.33. The zero-order chi connectivity index (χ0) is 14.9. The first kappa shape index (κ1) is 15.0. The van der Waals surface area contributed by atoms with Crippen LogP contribution in [-0.2, 0) is 4.79 Å². The number of carbonyl (C=O) groups excluding carboxylic acids is 1. The van der Waals surface area contributed by atoms with Gasteiger partial charge in [0, 0.05) is 11.7 Å². The predicted octanol–water partition coefficient (Wildman–Crippen LogP) is 3.57. The minimum Gasteiger partial charge on any atom is -0.327 e. The SMILES string of the molecule is Cc1cccc(C(C)C)c1NC(=O)C1(C)CCCC1N. The zero-order valence-electron chi connectivity index (χ0n) is 13.0. The van der Waals surface area contributed by atoms with E-state index >= 15 is 0 Å². The van der Waals surface area contributed by atoms with Crippen LogP contribution >= 0.6 is 0 Å². The first-order valence-electron chi connectivity index (χ1n) is 7.53. The number of carbonyl (C=O) groups is 1. The lowest BCUT2D eigenvalue weighted by molar-refractivity contribution is -0.125. The van der Waals surface area contributed by atoms with Gasteiger partial charge in [-0.3, -0.25) is 4.79 Å². The molecule has 0 spiro atoms. The molecular weight excluding hydrogens is 248 g/mol. The Bertz CT molecular complexity index is 510. The normalized spacial score (nSPS) is 26.0. The molecule has 1 aromatic carbocycles. The Kier molecular flexibility index (Phi) is 4.19. The maximum Gasteiger partial charge on any atom is 0.231 e. The molecule has 3 N–H and O–H groups in total. The summed E-state index contributed by atoms with van der Waals surface area (Å²) in [5.41, 5.74) is 8.97. The quantitative estimate of drug-likeness (QED) is 0.885. The van der Waals surface area contributed by atoms with Gasteiger partial charge in [-0.15, -0.1) is 0 Å². The van der Waals surface area contributed by atoms with E-state index in [1.807, 2.05) is 26.0 Å². The largest absolute Gasteiger partial charge is 0.327 e. The van der Waals surface area contributed by atoms with Gasteiger partial charge < -0.3 is 11.1 Å². The molecular formula is C17H26N2O. The van der Waals surface area contributed by atoms with Crippen LogP contribution in [-0.4, -0.2) is 11.9 Å². The molecule has 0 aromatic heterocycles. The van der Waals surface area contributed by atoms with E-state index in [9.17, 15) is 4.79 Å². The molecule has 1 aliphatic rings. The molecule has 2 unspecified atom stereocenters. The summed E-state index contributed by atoms with van der Waals surface area (Å²) in [4.78, 5) is 12.7. The molecule has 20 heavy (non-hydrogen) atoms. The molecule has 2 atom stereocenters. The molecule has 1 amide bonds. The first-order chi connectivity index (χ1) is 9.36. The van der Waals surface area contributed by atoms with Crippen LogP contribution in [0.5, 0.6) is 0 Å². The van der Waals surface area contributed by atoms with Gasteiger partial charge in [0.05, 0.1) is 5.41 Å². The van der Waals surface area contributed by atoms with Crippen LogP contribution in [0.25, 0.3) is 0 Å². The van der Waals surface area contributed by atoms with Crippen molar-refractivity contribution in [3.05, 3.63) is 29.3 Å². The number of nitrogens with one attached hydrogen (secondary N) is 1. The molecule has 110 valence electrons. The molecule has 0 saturated heterocycles. The van der Waals surface area contributed by atoms with Gasteiger partial charge in [0.2, 0.25) is 5.91 Å². The summed E-state index contributed by atoms with van der Waals surface area (Å²) in [5, 5.41) is 3.15. The average molecular weight is 274 g/mol. The highest BCUT2D eigenvalue weighted by atomic mass is 16.2. The second kappa shape index (κ2) is 5.57. The lowest BCUT2D eigenvalue weighted by atomic mass is 9.84. The van der Waals surface area contributed by atoms with Crippen molar-refractivity contribution in [3.63, 3.8) is 0 Å². The summed E-state index contributed by atoms with van der Waals surface area (Å²) in [7, 11) is 0. The topological polar surface area (TPSA) is 55.1 Å². The molecule has 3 nitrogen and oxygen atoms in total. The van der Waals surface area contributed by atoms with E-state index in [0.29, 0.717) is 5.92 Å². The number of hydrogen-bond donors (Lipinski definition) is 2. The smallest absolute Gasteiger partial charge is 0.231 e. The predicted molar refractivity (Wildman–Crippen MR) is 83.8 cm³/mol. The van der Waals surface area contributed by atoms with Crippen LogP contribution < -0.4 is 11.1 Å². The third-order valence-electron chi connectivity index (χ3n) is 4.71. The standard InChI is InChI=1S/C17H26N2O/c1-11(2)13-8-5-7-12(3)15(13)19-16(20)17(4)10-6-9-14(17)18/h5,7-8,11,14H,6,9-10,18H2,1-4H3,(H,19,20). The number of para-hydroxylation sites is 1. The van der Waals surface area contributed by atoms with E-state index < -0.39 is 5.41 Å². The van der Waals surface area contributed by atoms with Crippen molar-refractivity contribution in [1.82, 2.24) is 0 Å². The van der Waals surface area contributed by atoms with E-state index in [1.165, 1.54) is 5.56 Å². The van der Waals surface area contributed by atoms with Crippen LogP contribution in [0.1, 0.15) is 57.1 Å². The molecule has 0 heterocycles. The number of aryl methyl sites for hydroxylation is 1. The molecule has 0 radical (unpaired) electrons. The second-order valence-electron chi connectivity index (χ2n) is 6.56. The highest BCUT2D eigenvalue weighted by Gasteiger charge is 2.43. The molecule has 3 heteroatoms. The Balaban J connectivity index is 2.28. The fourth-order valence-corrected chi connectivity index (χ4v) is 3.07. The van der Waals surface area contributed by atoms with Crippen molar-refractivity contribution < 1.29 is 4.79 Å². The van der Waals surface area contributed by atoms with E-state index in [2.05, 4.69) is 25.2 Å². The maximum absolute atomic E-state index is 12.7. The highest BCUT2D eigenvalue weighted by molar-refractivity contribution is 5.97. The van der Waals surface area contributed by atoms with Crippen LogP contribution in [0, 0.1) is 12.3 Å². The van der Waals surface area contributed by atoms with Crippen LogP contribution in [0.4, 0.5) is 5.69 Å². The Morgan fingerprint density at radius 2 is 2.15 bits per heavy atom. The third kappa shape index (κ3) is 2.59. The number of benzene rings is 1. The van der Waals surface area contributed by atoms with Gasteiger partial charge in [-0.25, -0.2) is 0 Å². The summed E-state index contributed by atoms with van der Waals surface area (Å²) in [6.07, 6.45) is 2.85. The molecule has 0 aliphatic heterocycles. The summed E-state index contributed by atoms with van der Waals surface area (Å²) in [5.74, 6) is 0.453. The second-order valence-corrected chi connectivity index (χ2v) is 6.56. The van der Waals surface area contributed by atoms with Gasteiger partial charge in [0.25, 0.3) is 0 Å². The van der Waals surface area contributed by atoms with Gasteiger partial charge in [0.15, 0.2) is 0 Å². The lowest BCUT2D eigenvalue weighted by Gasteiger charge is -2.29. The van der Waals surface area contributed by atoms with E-state index in [1.54, 1.807) is 0 Å². The van der Waals surface area contributed by atoms with Crippen molar-refractivity contribution >= 4 is 11.6 Å². The Morgan fingerprint density at radius 1 is 1.45 bits per heavy atom. The Hall–Kier alpha value is -1.35. The highest BCUT2D eigenvalue weighted by Crippen LogP contribution is 2.38. The summed E-state index contributed by atoms with van der Waals surface area (Å²) < 4.78 is 0. The zero-order valence-corrected chi connectivity index (χ0v) is 13.0. The number of nitrogens with two attached hydrogens (primary N) is 1. The molecule has 1 aromatic rings. The van der Waals surface area contributed by atoms with E-state index in [0.717, 1.165) is 30.5 Å². The minimum absolute atomic E-state index is 0.0333. The van der Waals surface area contributed by atoms with Crippen LogP contribution in [0.3, 0.4) is 0 Å². The van der Waals surface area contributed by atoms with Crippen molar-refractivity contribution in [1.29, 1.82) is 0 Å². The van der Waals surface area contributed by atoms with Gasteiger partial charge in [-0.1, -0.05) is 38.5 Å². The van der Waals surface area contributed by atoms with Crippen molar-refractivity contribution in [2.75, 3.05) is 5.32 Å². The number of hydrogen-bond acceptors (Lipinski definition) is 2. The van der Waals surface area contributed by atoms with Crippen molar-refractivity contribution in [2.45, 2.75) is 58.9 Å². The fourth-order valence-electron chi connectivity index (χ4n) is 3.07. The molecule has 0 bridgehead atoms. The summed E-state index contributed by atoms with van der Waals surface area (Å²) >= 11 is 0. The van der Waals surface area contributed by atoms with E-state index in [-0.39, 0.29) is 11.9 Å². The Morgan fingerprint density at radius 3 is 2.70 bits per heavy atom. The molecule has 1 fully saturated rings. The molecule has 2 rings (SSSR count). The molecule has 1 aliphatic carbocycles. The summed E-state index contributed by atoms with van der Waals surface area (Å²) in [6, 6.07) is 6.14. The number of amides is 1. The van der Waals surface area contributed by atoms with E-state index in [4.69, 9.17) is 5.73 Å². The van der Waals surface area contributed by atoms with Crippen LogP contribution in [0.15, 0.2) is 18.2 Å². The van der Waals surface area contributed by atoms with Gasteiger partial charge in [-0.2, -0.15) is 0 Å². The first-order valence-corrected chi connectivity index (χ1v) is 7.53. The fraction of sp³-hybridized carbons (Fsp3) is 0.588. The van der Waals surface area contributed by atoms with Gasteiger partial charge in [-0.05, 0) is 43.7 Å². The molecule has 1 saturated carbocycles. The average Bonchev–Trinajstić information content (AvgIpc) is 2.73. The lowest BCUT2D eigenvalue weighted by Crippen LogP contribution is -2.44. The van der Waals surface area contributed by atoms with Gasteiger partial charge >= 0.3 is 0 Å². The maximum atomic E-state index is 12.7. The van der Waals surface area contributed by atoms with Gasteiger partial charge in [0.1, 0.15) is 0 Å². The van der Waals surface area contributed by atoms with Crippen molar-refractivity contribution in [2.24, 2.45) is 11.1 Å². The third-order valence-corrected chi connectivity index (χ3v) is 4.71. The number of rotatable bonds is 3. The van der Waals surface area contributed by atoms with Crippen molar-refractivity contribution in [3.8, 4) is 0 Å². The van der Waals surface area contributed by atoms with Crippen LogP contribution in [0.2, 0.25) is 0 Å².